The van der Waals surface area contributed by atoms with Crippen molar-refractivity contribution in [3.63, 3.8) is 0 Å². The molecule has 0 radical (unpaired) electrons. The lowest BCUT2D eigenvalue weighted by molar-refractivity contribution is -0.111. The van der Waals surface area contributed by atoms with E-state index in [4.69, 9.17) is 9.72 Å². The van der Waals surface area contributed by atoms with Gasteiger partial charge >= 0.3 is 0 Å². The molecule has 192 valence electrons. The minimum absolute atomic E-state index is 0.274. The van der Waals surface area contributed by atoms with Crippen molar-refractivity contribution in [1.29, 1.82) is 0 Å². The van der Waals surface area contributed by atoms with Gasteiger partial charge in [0.05, 0.1) is 29.7 Å². The Kier molecular flexibility index (Phi) is 7.74. The number of aromatic nitrogens is 3. The Morgan fingerprint density at radius 3 is 2.73 bits per heavy atom. The van der Waals surface area contributed by atoms with Crippen molar-refractivity contribution >= 4 is 39.8 Å². The summed E-state index contributed by atoms with van der Waals surface area (Å²) in [4.78, 5) is 23.4. The molecule has 0 saturated carbocycles. The van der Waals surface area contributed by atoms with Gasteiger partial charge < -0.3 is 30.2 Å². The van der Waals surface area contributed by atoms with Gasteiger partial charge in [-0.1, -0.05) is 18.7 Å². The first kappa shape index (κ1) is 25.7. The smallest absolute Gasteiger partial charge is 0.247 e. The number of likely N-dealkylation sites (N-methyl/N-ethyl adjacent to an activating group) is 1. The monoisotopic (exact) mass is 499 g/mol. The highest BCUT2D eigenvalue weighted by Crippen LogP contribution is 2.36. The van der Waals surface area contributed by atoms with Crippen LogP contribution >= 0.6 is 0 Å². The zero-order chi connectivity index (χ0) is 26.5. The minimum Gasteiger partial charge on any atom is -0.494 e. The quantitative estimate of drug-likeness (QED) is 0.265. The number of nitrogens with one attached hydrogen (secondary N) is 3. The number of amides is 1. The van der Waals surface area contributed by atoms with Crippen LogP contribution in [-0.4, -0.2) is 59.1 Å². The highest BCUT2D eigenvalue weighted by atomic mass is 16.5. The van der Waals surface area contributed by atoms with Crippen molar-refractivity contribution in [2.45, 2.75) is 19.9 Å². The van der Waals surface area contributed by atoms with Crippen molar-refractivity contribution in [1.82, 2.24) is 19.4 Å². The first-order valence-electron chi connectivity index (χ1n) is 12.0. The van der Waals surface area contributed by atoms with Crippen LogP contribution in [0.2, 0.25) is 0 Å². The largest absolute Gasteiger partial charge is 0.494 e. The standard InChI is InChI=1S/C28H33N7O2/c1-7-27(36)31-22-15-23(25(37-6)16-21(22)30-17-19(3)34(4)5)32-28-29-13-11-26(33-28)35-14-12-20-18(2)9-8-10-24(20)35/h7-16,19,30H,1,17H2,2-6H3,(H,31,36)(H,29,32,33). The topological polar surface area (TPSA) is 96.3 Å². The number of hydrogen-bond donors (Lipinski definition) is 3. The number of nitrogens with zero attached hydrogens (tertiary/aromatic N) is 4. The molecule has 4 aromatic rings. The number of ether oxygens (including phenoxy) is 1. The molecule has 2 aromatic carbocycles. The predicted molar refractivity (Wildman–Crippen MR) is 150 cm³/mol. The van der Waals surface area contributed by atoms with E-state index in [1.54, 1.807) is 19.4 Å². The normalized spacial score (nSPS) is 11.8. The van der Waals surface area contributed by atoms with Gasteiger partial charge in [0.1, 0.15) is 11.6 Å². The van der Waals surface area contributed by atoms with Gasteiger partial charge in [0.15, 0.2) is 0 Å². The Bertz CT molecular complexity index is 1430. The van der Waals surface area contributed by atoms with Gasteiger partial charge in [-0.25, -0.2) is 4.98 Å². The fourth-order valence-corrected chi connectivity index (χ4v) is 3.91. The molecule has 4 rings (SSSR count). The fraction of sp³-hybridized carbons (Fsp3) is 0.250. The Hall–Kier alpha value is -4.37. The third-order valence-corrected chi connectivity index (χ3v) is 6.34. The summed E-state index contributed by atoms with van der Waals surface area (Å²) in [6.07, 6.45) is 4.94. The number of methoxy groups -OCH3 is 1. The molecular weight excluding hydrogens is 466 g/mol. The van der Waals surface area contributed by atoms with Crippen LogP contribution in [-0.2, 0) is 4.79 Å². The third-order valence-electron chi connectivity index (χ3n) is 6.34. The molecular formula is C28H33N7O2. The summed E-state index contributed by atoms with van der Waals surface area (Å²) < 4.78 is 7.69. The summed E-state index contributed by atoms with van der Waals surface area (Å²) in [6.45, 7) is 8.45. The van der Waals surface area contributed by atoms with Gasteiger partial charge in [-0.05, 0) is 63.8 Å². The second-order valence-electron chi connectivity index (χ2n) is 9.04. The fourth-order valence-electron chi connectivity index (χ4n) is 3.91. The molecule has 37 heavy (non-hydrogen) atoms. The average molecular weight is 500 g/mol. The van der Waals surface area contributed by atoms with Gasteiger partial charge in [0.2, 0.25) is 11.9 Å². The van der Waals surface area contributed by atoms with Crippen LogP contribution in [0.15, 0.2) is 67.5 Å². The van der Waals surface area contributed by atoms with Gasteiger partial charge in [0.25, 0.3) is 0 Å². The number of rotatable bonds is 10. The summed E-state index contributed by atoms with van der Waals surface area (Å²) in [5.74, 6) is 1.39. The van der Waals surface area contributed by atoms with Gasteiger partial charge in [-0.2, -0.15) is 4.98 Å². The van der Waals surface area contributed by atoms with E-state index < -0.39 is 0 Å². The predicted octanol–water partition coefficient (Wildman–Crippen LogP) is 4.97. The summed E-state index contributed by atoms with van der Waals surface area (Å²) >= 11 is 0. The molecule has 1 amide bonds. The maximum atomic E-state index is 12.2. The molecule has 0 fully saturated rings. The summed E-state index contributed by atoms with van der Waals surface area (Å²) in [6, 6.07) is 14.1. The number of anilines is 4. The molecule has 1 atom stereocenters. The highest BCUT2D eigenvalue weighted by molar-refractivity contribution is 6.02. The molecule has 0 aliphatic carbocycles. The summed E-state index contributed by atoms with van der Waals surface area (Å²) in [5.41, 5.74) is 4.20. The van der Waals surface area contributed by atoms with E-state index in [2.05, 4.69) is 64.5 Å². The second kappa shape index (κ2) is 11.1. The number of carbonyl (C=O) groups excluding carboxylic acids is 1. The zero-order valence-electron chi connectivity index (χ0n) is 21.9. The van der Waals surface area contributed by atoms with Crippen molar-refractivity contribution in [2.75, 3.05) is 43.7 Å². The SMILES string of the molecule is C=CC(=O)Nc1cc(Nc2nccc(-n3ccc4c(C)cccc43)n2)c(OC)cc1NCC(C)N(C)C. The number of hydrogen-bond acceptors (Lipinski definition) is 7. The van der Waals surface area contributed by atoms with Crippen LogP contribution in [0.3, 0.4) is 0 Å². The van der Waals surface area contributed by atoms with Crippen molar-refractivity contribution in [2.24, 2.45) is 0 Å². The summed E-state index contributed by atoms with van der Waals surface area (Å²) in [5, 5.41) is 10.7. The molecule has 0 aliphatic rings. The second-order valence-corrected chi connectivity index (χ2v) is 9.04. The number of carbonyl (C=O) groups is 1. The maximum Gasteiger partial charge on any atom is 0.247 e. The van der Waals surface area contributed by atoms with Crippen LogP contribution < -0.4 is 20.7 Å². The molecule has 1 unspecified atom stereocenters. The van der Waals surface area contributed by atoms with E-state index in [1.807, 2.05) is 43.1 Å². The molecule has 3 N–H and O–H groups in total. The van der Waals surface area contributed by atoms with Crippen molar-refractivity contribution < 1.29 is 9.53 Å². The van der Waals surface area contributed by atoms with E-state index in [-0.39, 0.29) is 11.9 Å². The molecule has 0 aliphatic heterocycles. The van der Waals surface area contributed by atoms with Crippen LogP contribution in [0.4, 0.5) is 23.0 Å². The van der Waals surface area contributed by atoms with Gasteiger partial charge in [0, 0.05) is 36.4 Å². The lowest BCUT2D eigenvalue weighted by Crippen LogP contribution is -2.31. The molecule has 0 bridgehead atoms. The first-order valence-corrected chi connectivity index (χ1v) is 12.0. The van der Waals surface area contributed by atoms with E-state index >= 15 is 0 Å². The van der Waals surface area contributed by atoms with E-state index in [0.717, 1.165) is 17.0 Å². The highest BCUT2D eigenvalue weighted by Gasteiger charge is 2.15. The Morgan fingerprint density at radius 2 is 2.00 bits per heavy atom. The molecule has 9 nitrogen and oxygen atoms in total. The van der Waals surface area contributed by atoms with Crippen LogP contribution in [0, 0.1) is 6.92 Å². The number of aryl methyl sites for hydroxylation is 1. The Morgan fingerprint density at radius 1 is 1.19 bits per heavy atom. The van der Waals surface area contributed by atoms with Crippen LogP contribution in [0.25, 0.3) is 16.7 Å². The average Bonchev–Trinajstić information content (AvgIpc) is 3.33. The number of fused-ring (bicyclic) bond motifs is 1. The van der Waals surface area contributed by atoms with E-state index in [9.17, 15) is 4.79 Å². The Labute approximate surface area is 217 Å². The maximum absolute atomic E-state index is 12.2. The molecule has 2 heterocycles. The first-order chi connectivity index (χ1) is 17.8. The molecule has 9 heteroatoms. The molecule has 0 spiro atoms. The third kappa shape index (κ3) is 5.73. The van der Waals surface area contributed by atoms with Gasteiger partial charge in [-0.15, -0.1) is 0 Å². The lowest BCUT2D eigenvalue weighted by atomic mass is 10.1. The molecule has 0 saturated heterocycles. The van der Waals surface area contributed by atoms with Crippen molar-refractivity contribution in [3.05, 3.63) is 73.1 Å². The zero-order valence-corrected chi connectivity index (χ0v) is 21.9. The number of benzene rings is 2. The van der Waals surface area contributed by atoms with E-state index in [1.165, 1.54) is 17.0 Å². The van der Waals surface area contributed by atoms with E-state index in [0.29, 0.717) is 29.6 Å². The molecule has 2 aromatic heterocycles. The lowest BCUT2D eigenvalue weighted by Gasteiger charge is -2.23. The van der Waals surface area contributed by atoms with Crippen molar-refractivity contribution in [3.8, 4) is 11.6 Å². The minimum atomic E-state index is -0.312. The van der Waals surface area contributed by atoms with Crippen LogP contribution in [0.1, 0.15) is 12.5 Å². The summed E-state index contributed by atoms with van der Waals surface area (Å²) in [7, 11) is 5.64. The van der Waals surface area contributed by atoms with Gasteiger partial charge in [-0.3, -0.25) is 4.79 Å². The van der Waals surface area contributed by atoms with Crippen LogP contribution in [0.5, 0.6) is 5.75 Å². The Balaban J connectivity index is 1.67.